The Balaban J connectivity index is 1.29. The highest BCUT2D eigenvalue weighted by molar-refractivity contribution is 5.95. The molecule has 2 aliphatic heterocycles. The SMILES string of the molecule is O=C(c1cc(C(F)(F)F)cc(C(F)(F)F)c1)N1CCN(C/C=N/OCCCN2CCOCC2)C[C@H]1Cc1c[nH]c2ccccc12. The molecule has 2 fully saturated rings. The normalized spacial score (nSPS) is 19.1. The number of ether oxygens (including phenoxy) is 1. The number of benzene rings is 2. The standard InChI is InChI=1S/C31H35F6N5O3/c32-30(33,34)24-16-22(17-25(19-24)31(35,36)37)29(43)42-10-9-41(8-6-39-45-13-3-7-40-11-14-44-15-12-40)21-26(42)18-23-20-38-28-5-2-1-4-27(23)28/h1-2,4-6,16-17,19-20,26,38H,3,7-15,18,21H2/b39-6+/t26-/m1/s1. The van der Waals surface area contributed by atoms with Gasteiger partial charge in [0, 0.05) is 74.5 Å². The number of hydrogen-bond acceptors (Lipinski definition) is 6. The van der Waals surface area contributed by atoms with Crippen molar-refractivity contribution in [3.8, 4) is 0 Å². The molecule has 8 nitrogen and oxygen atoms in total. The van der Waals surface area contributed by atoms with Gasteiger partial charge in [-0.25, -0.2) is 0 Å². The maximum atomic E-state index is 13.7. The van der Waals surface area contributed by atoms with Crippen molar-refractivity contribution in [3.63, 3.8) is 0 Å². The lowest BCUT2D eigenvalue weighted by molar-refractivity contribution is -0.143. The molecule has 0 spiro atoms. The number of rotatable bonds is 10. The number of morpholine rings is 1. The van der Waals surface area contributed by atoms with Crippen LogP contribution in [0.5, 0.6) is 0 Å². The molecule has 14 heteroatoms. The largest absolute Gasteiger partial charge is 0.416 e. The molecule has 1 amide bonds. The van der Waals surface area contributed by atoms with Gasteiger partial charge in [0.15, 0.2) is 0 Å². The summed E-state index contributed by atoms with van der Waals surface area (Å²) in [5, 5.41) is 4.97. The molecule has 5 rings (SSSR count). The Kier molecular flexibility index (Phi) is 10.3. The molecule has 0 saturated carbocycles. The van der Waals surface area contributed by atoms with Gasteiger partial charge in [-0.2, -0.15) is 26.3 Å². The van der Waals surface area contributed by atoms with Crippen LogP contribution >= 0.6 is 0 Å². The molecular formula is C31H35F6N5O3. The highest BCUT2D eigenvalue weighted by Crippen LogP contribution is 2.37. The molecule has 2 aliphatic rings. The fourth-order valence-electron chi connectivity index (χ4n) is 5.76. The van der Waals surface area contributed by atoms with Crippen molar-refractivity contribution in [3.05, 3.63) is 70.9 Å². The van der Waals surface area contributed by atoms with Crippen LogP contribution in [0.1, 0.15) is 33.5 Å². The van der Waals surface area contributed by atoms with Gasteiger partial charge in [0.25, 0.3) is 5.91 Å². The molecule has 3 aromatic rings. The Bertz CT molecular complexity index is 1440. The molecule has 0 unspecified atom stereocenters. The first-order chi connectivity index (χ1) is 21.5. The second-order valence-electron chi connectivity index (χ2n) is 11.2. The average Bonchev–Trinajstić information content (AvgIpc) is 3.42. The lowest BCUT2D eigenvalue weighted by Gasteiger charge is -2.41. The van der Waals surface area contributed by atoms with Gasteiger partial charge in [-0.1, -0.05) is 23.4 Å². The first kappa shape index (κ1) is 32.8. The highest BCUT2D eigenvalue weighted by atomic mass is 19.4. The second-order valence-corrected chi connectivity index (χ2v) is 11.2. The average molecular weight is 640 g/mol. The molecule has 2 aromatic carbocycles. The smallest absolute Gasteiger partial charge is 0.396 e. The predicted molar refractivity (Wildman–Crippen MR) is 156 cm³/mol. The summed E-state index contributed by atoms with van der Waals surface area (Å²) in [6, 6.07) is 8.04. The molecular weight excluding hydrogens is 604 g/mol. The van der Waals surface area contributed by atoms with E-state index >= 15 is 0 Å². The Morgan fingerprint density at radius 2 is 1.69 bits per heavy atom. The van der Waals surface area contributed by atoms with E-state index < -0.39 is 41.0 Å². The van der Waals surface area contributed by atoms with E-state index in [0.29, 0.717) is 44.8 Å². The van der Waals surface area contributed by atoms with Crippen molar-refractivity contribution in [2.24, 2.45) is 5.16 Å². The summed E-state index contributed by atoms with van der Waals surface area (Å²) < 4.78 is 86.6. The molecule has 45 heavy (non-hydrogen) atoms. The summed E-state index contributed by atoms with van der Waals surface area (Å²) in [5.41, 5.74) is -1.93. The number of aromatic amines is 1. The van der Waals surface area contributed by atoms with Crippen molar-refractivity contribution in [2.75, 3.05) is 65.6 Å². The zero-order valence-corrected chi connectivity index (χ0v) is 24.5. The van der Waals surface area contributed by atoms with Gasteiger partial charge in [0.2, 0.25) is 0 Å². The third kappa shape index (κ3) is 8.56. The first-order valence-electron chi connectivity index (χ1n) is 14.8. The Morgan fingerprint density at radius 3 is 2.40 bits per heavy atom. The third-order valence-corrected chi connectivity index (χ3v) is 8.10. The van der Waals surface area contributed by atoms with Gasteiger partial charge in [-0.3, -0.25) is 14.6 Å². The topological polar surface area (TPSA) is 73.4 Å². The van der Waals surface area contributed by atoms with Crippen LogP contribution in [0.2, 0.25) is 0 Å². The van der Waals surface area contributed by atoms with Crippen molar-refractivity contribution in [1.29, 1.82) is 0 Å². The quantitative estimate of drug-likeness (QED) is 0.141. The summed E-state index contributed by atoms with van der Waals surface area (Å²) in [6.45, 7) is 5.79. The molecule has 2 saturated heterocycles. The summed E-state index contributed by atoms with van der Waals surface area (Å²) in [7, 11) is 0. The van der Waals surface area contributed by atoms with Crippen LogP contribution in [0.15, 0.2) is 53.8 Å². The number of alkyl halides is 6. The fourth-order valence-corrected chi connectivity index (χ4v) is 5.76. The number of oxime groups is 1. The van der Waals surface area contributed by atoms with Crippen LogP contribution in [0, 0.1) is 0 Å². The minimum absolute atomic E-state index is 0.0299. The minimum Gasteiger partial charge on any atom is -0.396 e. The molecule has 1 atom stereocenters. The van der Waals surface area contributed by atoms with Crippen LogP contribution in [-0.2, 0) is 28.3 Å². The number of piperazine rings is 1. The third-order valence-electron chi connectivity index (χ3n) is 8.10. The fraction of sp³-hybridized carbons (Fsp3) is 0.484. The van der Waals surface area contributed by atoms with E-state index in [9.17, 15) is 31.1 Å². The summed E-state index contributed by atoms with van der Waals surface area (Å²) in [5.74, 6) is -0.881. The number of carbonyl (C=O) groups is 1. The van der Waals surface area contributed by atoms with E-state index in [0.717, 1.165) is 55.7 Å². The second kappa shape index (κ2) is 14.2. The Labute approximate surface area is 256 Å². The number of carbonyl (C=O) groups excluding carboxylic acids is 1. The Hall–Kier alpha value is -3.62. The molecule has 1 aromatic heterocycles. The van der Waals surface area contributed by atoms with Crippen molar-refractivity contribution >= 4 is 23.0 Å². The van der Waals surface area contributed by atoms with Gasteiger partial charge >= 0.3 is 12.4 Å². The maximum absolute atomic E-state index is 13.7. The lowest BCUT2D eigenvalue weighted by Crippen LogP contribution is -2.56. The number of fused-ring (bicyclic) bond motifs is 1. The van der Waals surface area contributed by atoms with E-state index in [1.807, 2.05) is 35.4 Å². The van der Waals surface area contributed by atoms with E-state index in [2.05, 4.69) is 15.0 Å². The minimum atomic E-state index is -5.05. The van der Waals surface area contributed by atoms with Crippen LogP contribution in [-0.4, -0.2) is 103 Å². The zero-order chi connectivity index (χ0) is 32.0. The van der Waals surface area contributed by atoms with E-state index in [1.165, 1.54) is 4.90 Å². The van der Waals surface area contributed by atoms with E-state index in [-0.39, 0.29) is 12.6 Å². The number of nitrogens with zero attached hydrogens (tertiary/aromatic N) is 4. The van der Waals surface area contributed by atoms with Crippen molar-refractivity contribution in [1.82, 2.24) is 19.7 Å². The van der Waals surface area contributed by atoms with E-state index in [4.69, 9.17) is 9.57 Å². The number of hydrogen-bond donors (Lipinski definition) is 1. The molecule has 1 N–H and O–H groups in total. The monoisotopic (exact) mass is 639 g/mol. The predicted octanol–water partition coefficient (Wildman–Crippen LogP) is 5.30. The maximum Gasteiger partial charge on any atom is 0.416 e. The molecule has 0 bridgehead atoms. The van der Waals surface area contributed by atoms with Gasteiger partial charge in [-0.15, -0.1) is 0 Å². The number of nitrogens with one attached hydrogen (secondary N) is 1. The van der Waals surface area contributed by atoms with Gasteiger partial charge in [0.1, 0.15) is 6.61 Å². The number of halogens is 6. The molecule has 0 aliphatic carbocycles. The Morgan fingerprint density at radius 1 is 0.978 bits per heavy atom. The van der Waals surface area contributed by atoms with Crippen molar-refractivity contribution < 1.29 is 40.7 Å². The number of H-pyrrole nitrogens is 1. The van der Waals surface area contributed by atoms with Crippen LogP contribution in [0.3, 0.4) is 0 Å². The number of para-hydroxylation sites is 1. The van der Waals surface area contributed by atoms with Gasteiger partial charge in [0.05, 0.1) is 30.6 Å². The first-order valence-corrected chi connectivity index (χ1v) is 14.8. The zero-order valence-electron chi connectivity index (χ0n) is 24.5. The van der Waals surface area contributed by atoms with E-state index in [1.54, 1.807) is 6.21 Å². The van der Waals surface area contributed by atoms with Gasteiger partial charge in [-0.05, 0) is 42.7 Å². The van der Waals surface area contributed by atoms with Crippen molar-refractivity contribution in [2.45, 2.75) is 31.2 Å². The summed E-state index contributed by atoms with van der Waals surface area (Å²) in [4.78, 5) is 27.9. The lowest BCUT2D eigenvalue weighted by atomic mass is 9.98. The van der Waals surface area contributed by atoms with Crippen LogP contribution in [0.25, 0.3) is 10.9 Å². The number of amides is 1. The van der Waals surface area contributed by atoms with Crippen LogP contribution in [0.4, 0.5) is 26.3 Å². The molecule has 0 radical (unpaired) electrons. The summed E-state index contributed by atoms with van der Waals surface area (Å²) >= 11 is 0. The number of aromatic nitrogens is 1. The van der Waals surface area contributed by atoms with Gasteiger partial charge < -0.3 is 19.5 Å². The summed E-state index contributed by atoms with van der Waals surface area (Å²) in [6.07, 6.45) is -5.52. The van der Waals surface area contributed by atoms with Crippen LogP contribution < -0.4 is 0 Å². The highest BCUT2D eigenvalue weighted by Gasteiger charge is 2.39. The molecule has 3 heterocycles. The molecule has 244 valence electrons.